The van der Waals surface area contributed by atoms with E-state index in [0.717, 1.165) is 18.5 Å². The molecule has 0 aliphatic heterocycles. The van der Waals surface area contributed by atoms with Crippen molar-refractivity contribution in [3.8, 4) is 0 Å². The lowest BCUT2D eigenvalue weighted by atomic mass is 10.2. The van der Waals surface area contributed by atoms with Gasteiger partial charge < -0.3 is 10.4 Å². The second kappa shape index (κ2) is 5.88. The minimum absolute atomic E-state index is 0.187. The van der Waals surface area contributed by atoms with Gasteiger partial charge in [-0.25, -0.2) is 0 Å². The highest BCUT2D eigenvalue weighted by Gasteiger charge is 2.05. The van der Waals surface area contributed by atoms with E-state index in [2.05, 4.69) is 31.2 Å². The van der Waals surface area contributed by atoms with Crippen LogP contribution in [0.25, 0.3) is 0 Å². The zero-order valence-corrected chi connectivity index (χ0v) is 9.77. The molecule has 1 heterocycles. The highest BCUT2D eigenvalue weighted by atomic mass is 16.3. The number of hydrogen-bond acceptors (Lipinski definition) is 3. The van der Waals surface area contributed by atoms with Gasteiger partial charge in [-0.15, -0.1) is 0 Å². The van der Waals surface area contributed by atoms with Gasteiger partial charge in [-0.1, -0.05) is 6.92 Å². The molecule has 0 unspecified atom stereocenters. The molecule has 1 rings (SSSR count). The Bertz CT molecular complexity index is 279. The fourth-order valence-corrected chi connectivity index (χ4v) is 1.35. The Morgan fingerprint density at radius 2 is 2.27 bits per heavy atom. The van der Waals surface area contributed by atoms with Crippen LogP contribution in [0.4, 0.5) is 0 Å². The van der Waals surface area contributed by atoms with Crippen LogP contribution in [0.15, 0.2) is 12.4 Å². The summed E-state index contributed by atoms with van der Waals surface area (Å²) in [6.07, 6.45) is 4.85. The topological polar surface area (TPSA) is 50.1 Å². The predicted octanol–water partition coefficient (Wildman–Crippen LogP) is 1.32. The molecule has 0 saturated heterocycles. The van der Waals surface area contributed by atoms with Crippen molar-refractivity contribution in [1.82, 2.24) is 15.1 Å². The van der Waals surface area contributed by atoms with E-state index < -0.39 is 0 Å². The molecule has 0 bridgehead atoms. The van der Waals surface area contributed by atoms with E-state index in [1.807, 2.05) is 17.1 Å². The first-order valence-electron chi connectivity index (χ1n) is 5.54. The summed E-state index contributed by atoms with van der Waals surface area (Å²) in [7, 11) is 0. The SMILES string of the molecule is CC[C@H](CO)NCc1cnn(C(C)C)c1. The second-order valence-corrected chi connectivity index (χ2v) is 4.09. The lowest BCUT2D eigenvalue weighted by Crippen LogP contribution is -2.31. The summed E-state index contributed by atoms with van der Waals surface area (Å²) in [5, 5.41) is 16.6. The van der Waals surface area contributed by atoms with E-state index in [9.17, 15) is 0 Å². The van der Waals surface area contributed by atoms with Crippen LogP contribution >= 0.6 is 0 Å². The number of aromatic nitrogens is 2. The lowest BCUT2D eigenvalue weighted by Gasteiger charge is -2.12. The fourth-order valence-electron chi connectivity index (χ4n) is 1.35. The highest BCUT2D eigenvalue weighted by Crippen LogP contribution is 2.05. The number of aliphatic hydroxyl groups is 1. The quantitative estimate of drug-likeness (QED) is 0.746. The van der Waals surface area contributed by atoms with Gasteiger partial charge in [-0.3, -0.25) is 4.68 Å². The van der Waals surface area contributed by atoms with Gasteiger partial charge in [0.05, 0.1) is 12.8 Å². The smallest absolute Gasteiger partial charge is 0.0584 e. The largest absolute Gasteiger partial charge is 0.395 e. The molecule has 0 fully saturated rings. The van der Waals surface area contributed by atoms with Gasteiger partial charge in [0.25, 0.3) is 0 Å². The van der Waals surface area contributed by atoms with Crippen LogP contribution in [0, 0.1) is 0 Å². The van der Waals surface area contributed by atoms with Gasteiger partial charge in [0.1, 0.15) is 0 Å². The van der Waals surface area contributed by atoms with E-state index >= 15 is 0 Å². The Morgan fingerprint density at radius 3 is 2.73 bits per heavy atom. The minimum Gasteiger partial charge on any atom is -0.395 e. The summed E-state index contributed by atoms with van der Waals surface area (Å²) in [6.45, 7) is 7.23. The van der Waals surface area contributed by atoms with Crippen molar-refractivity contribution in [3.05, 3.63) is 18.0 Å². The third-order valence-electron chi connectivity index (χ3n) is 2.49. The Balaban J connectivity index is 2.43. The van der Waals surface area contributed by atoms with Crippen LogP contribution < -0.4 is 5.32 Å². The predicted molar refractivity (Wildman–Crippen MR) is 60.6 cm³/mol. The van der Waals surface area contributed by atoms with E-state index in [0.29, 0.717) is 6.04 Å². The number of rotatable bonds is 6. The van der Waals surface area contributed by atoms with Crippen molar-refractivity contribution in [2.24, 2.45) is 0 Å². The second-order valence-electron chi connectivity index (χ2n) is 4.09. The lowest BCUT2D eigenvalue weighted by molar-refractivity contribution is 0.238. The molecular formula is C11H21N3O. The highest BCUT2D eigenvalue weighted by molar-refractivity contribution is 5.04. The molecule has 0 aliphatic rings. The van der Waals surface area contributed by atoms with Crippen LogP contribution in [0.5, 0.6) is 0 Å². The number of aliphatic hydroxyl groups excluding tert-OH is 1. The summed E-state index contributed by atoms with van der Waals surface area (Å²) in [5.74, 6) is 0. The molecule has 0 amide bonds. The van der Waals surface area contributed by atoms with Crippen molar-refractivity contribution < 1.29 is 5.11 Å². The molecule has 4 heteroatoms. The molecule has 0 saturated carbocycles. The molecule has 0 radical (unpaired) electrons. The Labute approximate surface area is 91.3 Å². The summed E-state index contributed by atoms with van der Waals surface area (Å²) >= 11 is 0. The maximum absolute atomic E-state index is 9.01. The average Bonchev–Trinajstić information content (AvgIpc) is 2.68. The normalized spacial score (nSPS) is 13.4. The van der Waals surface area contributed by atoms with Crippen molar-refractivity contribution in [2.75, 3.05) is 6.61 Å². The molecule has 2 N–H and O–H groups in total. The van der Waals surface area contributed by atoms with Crippen LogP contribution in [0.1, 0.15) is 38.8 Å². The van der Waals surface area contributed by atoms with Crippen molar-refractivity contribution in [3.63, 3.8) is 0 Å². The molecule has 86 valence electrons. The average molecular weight is 211 g/mol. The number of nitrogens with one attached hydrogen (secondary N) is 1. The van der Waals surface area contributed by atoms with Gasteiger partial charge in [0.2, 0.25) is 0 Å². The number of nitrogens with zero attached hydrogens (tertiary/aromatic N) is 2. The maximum Gasteiger partial charge on any atom is 0.0584 e. The summed E-state index contributed by atoms with van der Waals surface area (Å²) in [4.78, 5) is 0. The zero-order chi connectivity index (χ0) is 11.3. The standard InChI is InChI=1S/C11H21N3O/c1-4-11(8-15)12-5-10-6-13-14(7-10)9(2)3/h6-7,9,11-12,15H,4-5,8H2,1-3H3/t11-/m1/s1. The Morgan fingerprint density at radius 1 is 1.53 bits per heavy atom. The molecule has 1 aromatic rings. The van der Waals surface area contributed by atoms with Crippen LogP contribution in [0.2, 0.25) is 0 Å². The first kappa shape index (κ1) is 12.2. The van der Waals surface area contributed by atoms with E-state index in [1.165, 1.54) is 0 Å². The summed E-state index contributed by atoms with van der Waals surface area (Å²) in [6, 6.07) is 0.589. The third kappa shape index (κ3) is 3.64. The van der Waals surface area contributed by atoms with Crippen molar-refractivity contribution >= 4 is 0 Å². The fraction of sp³-hybridized carbons (Fsp3) is 0.727. The Kier molecular flexibility index (Phi) is 4.78. The summed E-state index contributed by atoms with van der Waals surface area (Å²) in [5.41, 5.74) is 1.16. The van der Waals surface area contributed by atoms with Crippen LogP contribution in [0.3, 0.4) is 0 Å². The van der Waals surface area contributed by atoms with Crippen molar-refractivity contribution in [1.29, 1.82) is 0 Å². The van der Waals surface area contributed by atoms with Crippen LogP contribution in [-0.4, -0.2) is 27.5 Å². The molecule has 0 aromatic carbocycles. The monoisotopic (exact) mass is 211 g/mol. The third-order valence-corrected chi connectivity index (χ3v) is 2.49. The number of hydrogen-bond donors (Lipinski definition) is 2. The van der Waals surface area contributed by atoms with Gasteiger partial charge >= 0.3 is 0 Å². The first-order valence-corrected chi connectivity index (χ1v) is 5.54. The maximum atomic E-state index is 9.01. The Hall–Kier alpha value is -0.870. The van der Waals surface area contributed by atoms with Crippen LogP contribution in [-0.2, 0) is 6.54 Å². The molecule has 15 heavy (non-hydrogen) atoms. The minimum atomic E-state index is 0.187. The molecule has 1 aromatic heterocycles. The molecular weight excluding hydrogens is 190 g/mol. The van der Waals surface area contributed by atoms with E-state index in [1.54, 1.807) is 0 Å². The van der Waals surface area contributed by atoms with Gasteiger partial charge in [-0.05, 0) is 20.3 Å². The molecule has 0 aliphatic carbocycles. The van der Waals surface area contributed by atoms with Crippen molar-refractivity contribution in [2.45, 2.75) is 45.8 Å². The molecule has 1 atom stereocenters. The van der Waals surface area contributed by atoms with E-state index in [4.69, 9.17) is 5.11 Å². The van der Waals surface area contributed by atoms with Gasteiger partial charge in [0.15, 0.2) is 0 Å². The van der Waals surface area contributed by atoms with Gasteiger partial charge in [0, 0.05) is 30.4 Å². The molecule has 0 spiro atoms. The first-order chi connectivity index (χ1) is 7.17. The van der Waals surface area contributed by atoms with Gasteiger partial charge in [-0.2, -0.15) is 5.10 Å². The van der Waals surface area contributed by atoms with E-state index in [-0.39, 0.29) is 12.6 Å². The zero-order valence-electron chi connectivity index (χ0n) is 9.77. The molecule has 4 nitrogen and oxygen atoms in total. The summed E-state index contributed by atoms with van der Waals surface area (Å²) < 4.78 is 1.94.